The van der Waals surface area contributed by atoms with Gasteiger partial charge in [-0.15, -0.1) is 59.0 Å². The molecule has 0 unspecified atom stereocenters. The molecule has 4 heteroatoms. The summed E-state index contributed by atoms with van der Waals surface area (Å²) in [5, 5.41) is 6.03. The Labute approximate surface area is 339 Å². The van der Waals surface area contributed by atoms with Gasteiger partial charge in [0.1, 0.15) is 0 Å². The molecule has 0 aliphatic carbocycles. The summed E-state index contributed by atoms with van der Waals surface area (Å²) in [6.07, 6.45) is 4.99. The van der Waals surface area contributed by atoms with Crippen LogP contribution in [0, 0.1) is 17.5 Å². The number of fused-ring (bicyclic) bond motifs is 5. The minimum absolute atomic E-state index is 0. The van der Waals surface area contributed by atoms with E-state index in [0.717, 1.165) is 28.6 Å². The largest absolute Gasteiger partial charge is 0.351 e. The minimum atomic E-state index is 0. The molecule has 0 N–H and O–H groups in total. The third-order valence-electron chi connectivity index (χ3n) is 10.5. The van der Waals surface area contributed by atoms with Gasteiger partial charge >= 0.3 is 0 Å². The van der Waals surface area contributed by atoms with E-state index in [4.69, 9.17) is 4.98 Å². The fourth-order valence-corrected chi connectivity index (χ4v) is 7.72. The third-order valence-corrected chi connectivity index (χ3v) is 10.5. The number of nitrogens with zero attached hydrogens (tertiary/aromatic N) is 3. The summed E-state index contributed by atoms with van der Waals surface area (Å²) < 4.78 is 2.42. The minimum Gasteiger partial charge on any atom is -0.351 e. The van der Waals surface area contributed by atoms with Crippen molar-refractivity contribution in [3.8, 4) is 22.4 Å². The average molecular weight is 896 g/mol. The Hall–Kier alpha value is -4.89. The van der Waals surface area contributed by atoms with Crippen LogP contribution in [0.25, 0.3) is 71.4 Å². The van der Waals surface area contributed by atoms with Gasteiger partial charge in [0.25, 0.3) is 0 Å². The molecule has 0 atom stereocenters. The molecule has 0 saturated carbocycles. The first kappa shape index (κ1) is 38.4. The van der Waals surface area contributed by atoms with Crippen LogP contribution in [0.15, 0.2) is 122 Å². The molecule has 279 valence electrons. The number of hydrogen-bond donors (Lipinski definition) is 0. The molecule has 9 rings (SSSR count). The van der Waals surface area contributed by atoms with Crippen molar-refractivity contribution in [3.05, 3.63) is 150 Å². The van der Waals surface area contributed by atoms with Crippen molar-refractivity contribution in [2.45, 2.75) is 79.6 Å². The zero-order valence-corrected chi connectivity index (χ0v) is 35.8. The maximum Gasteiger partial charge on any atom is 0.0435 e. The van der Waals surface area contributed by atoms with E-state index in [9.17, 15) is 0 Å². The van der Waals surface area contributed by atoms with Crippen molar-refractivity contribution in [1.29, 1.82) is 0 Å². The topological polar surface area (TPSA) is 30.2 Å². The maximum absolute atomic E-state index is 4.84. The van der Waals surface area contributed by atoms with Crippen LogP contribution in [0.2, 0.25) is 0 Å². The van der Waals surface area contributed by atoms with Gasteiger partial charge < -0.3 is 14.4 Å². The number of para-hydroxylation sites is 1. The quantitative estimate of drug-likeness (QED) is 0.100. The predicted molar refractivity (Wildman–Crippen MR) is 230 cm³/mol. The molecule has 0 spiro atoms. The molecule has 4 heterocycles. The van der Waals surface area contributed by atoms with Gasteiger partial charge in [-0.3, -0.25) is 0 Å². The summed E-state index contributed by atoms with van der Waals surface area (Å²) in [5.74, 6) is 0. The standard InChI is InChI=1S/C32H25N2.C19H24N.Ir/c1-32(2,3)19-20-11-13-21(14-12-20)23-17-22-15-16-33-30-26-9-6-8-25-24-7-4-5-10-27(24)34(31(25)26)28(18-23)29(22)30;1-18(2,3)15-9-7-8-14(12-15)17-11-10-16(13-20-17)19(4,5)6;/h4-8,10-18H,19H2,1-3H3;7,9-13H,1-6H3;/q2*-1;. The molecule has 0 amide bonds. The molecule has 0 saturated heterocycles. The van der Waals surface area contributed by atoms with Gasteiger partial charge in [-0.1, -0.05) is 122 Å². The Balaban J connectivity index is 0.000000191. The van der Waals surface area contributed by atoms with Crippen LogP contribution < -0.4 is 0 Å². The van der Waals surface area contributed by atoms with Crippen molar-refractivity contribution in [2.75, 3.05) is 0 Å². The van der Waals surface area contributed by atoms with E-state index in [2.05, 4.69) is 181 Å². The Morgan fingerprint density at radius 3 is 2.04 bits per heavy atom. The Bertz CT molecular complexity index is 2770. The van der Waals surface area contributed by atoms with Gasteiger partial charge in [0.2, 0.25) is 0 Å². The average Bonchev–Trinajstić information content (AvgIpc) is 3.48. The van der Waals surface area contributed by atoms with Crippen molar-refractivity contribution >= 4 is 49.0 Å². The van der Waals surface area contributed by atoms with E-state index in [1.807, 2.05) is 24.5 Å². The van der Waals surface area contributed by atoms with Crippen molar-refractivity contribution in [2.24, 2.45) is 5.41 Å². The second-order valence-electron chi connectivity index (χ2n) is 18.1. The first-order chi connectivity index (χ1) is 25.7. The van der Waals surface area contributed by atoms with E-state index in [0.29, 0.717) is 0 Å². The summed E-state index contributed by atoms with van der Waals surface area (Å²) in [5.41, 5.74) is 13.7. The molecule has 0 aliphatic rings. The van der Waals surface area contributed by atoms with Crippen LogP contribution in [0.3, 0.4) is 0 Å². The number of benzene rings is 5. The summed E-state index contributed by atoms with van der Waals surface area (Å²) in [7, 11) is 0. The molecular formula is C51H49IrN3-2. The van der Waals surface area contributed by atoms with E-state index < -0.39 is 0 Å². The fraction of sp³-hybridized carbons (Fsp3) is 0.255. The van der Waals surface area contributed by atoms with Crippen LogP contribution in [-0.2, 0) is 37.4 Å². The van der Waals surface area contributed by atoms with Gasteiger partial charge in [-0.05, 0) is 102 Å². The molecule has 5 aromatic carbocycles. The molecule has 3 nitrogen and oxygen atoms in total. The molecule has 55 heavy (non-hydrogen) atoms. The molecule has 4 aromatic heterocycles. The number of rotatable bonds is 3. The molecular weight excluding hydrogens is 847 g/mol. The van der Waals surface area contributed by atoms with Crippen molar-refractivity contribution in [1.82, 2.24) is 14.4 Å². The molecule has 9 aromatic rings. The van der Waals surface area contributed by atoms with Gasteiger partial charge in [0.05, 0.1) is 0 Å². The Kier molecular flexibility index (Phi) is 9.99. The van der Waals surface area contributed by atoms with E-state index in [-0.39, 0.29) is 36.4 Å². The Morgan fingerprint density at radius 2 is 1.35 bits per heavy atom. The second-order valence-corrected chi connectivity index (χ2v) is 18.1. The zero-order chi connectivity index (χ0) is 38.0. The second kappa shape index (κ2) is 14.3. The summed E-state index contributed by atoms with van der Waals surface area (Å²) >= 11 is 0. The van der Waals surface area contributed by atoms with Gasteiger partial charge in [-0.25, -0.2) is 0 Å². The molecule has 0 aliphatic heterocycles. The van der Waals surface area contributed by atoms with Gasteiger partial charge in [0.15, 0.2) is 0 Å². The van der Waals surface area contributed by atoms with Crippen LogP contribution in [0.5, 0.6) is 0 Å². The van der Waals surface area contributed by atoms with E-state index in [1.165, 1.54) is 65.9 Å². The van der Waals surface area contributed by atoms with Crippen LogP contribution >= 0.6 is 0 Å². The van der Waals surface area contributed by atoms with Crippen molar-refractivity contribution < 1.29 is 20.1 Å². The van der Waals surface area contributed by atoms with E-state index in [1.54, 1.807) is 0 Å². The van der Waals surface area contributed by atoms with Crippen LogP contribution in [0.1, 0.15) is 79.0 Å². The SMILES string of the molecule is CC(C)(C)Cc1ccc(-c2cc3ccnc4c5[c-]ccc6c7ccccc7n(c(c2)c34)c56)cc1.CC(C)(C)c1ccc(-c2[c-]ccc(C(C)(C)C)c2)nc1.[Ir]. The molecule has 1 radical (unpaired) electrons. The smallest absolute Gasteiger partial charge is 0.0435 e. The first-order valence-electron chi connectivity index (χ1n) is 19.1. The van der Waals surface area contributed by atoms with Crippen LogP contribution in [-0.4, -0.2) is 14.4 Å². The normalized spacial score (nSPS) is 12.4. The van der Waals surface area contributed by atoms with E-state index >= 15 is 0 Å². The van der Waals surface area contributed by atoms with Crippen LogP contribution in [0.4, 0.5) is 0 Å². The molecule has 0 fully saturated rings. The summed E-state index contributed by atoms with van der Waals surface area (Å²) in [6, 6.07) is 46.2. The molecule has 0 bridgehead atoms. The van der Waals surface area contributed by atoms with Crippen molar-refractivity contribution in [3.63, 3.8) is 0 Å². The zero-order valence-electron chi connectivity index (χ0n) is 33.4. The fourth-order valence-electron chi connectivity index (χ4n) is 7.72. The number of pyridine rings is 3. The maximum atomic E-state index is 4.84. The summed E-state index contributed by atoms with van der Waals surface area (Å²) in [4.78, 5) is 9.44. The monoisotopic (exact) mass is 896 g/mol. The Morgan fingerprint density at radius 1 is 0.618 bits per heavy atom. The number of aromatic nitrogens is 3. The summed E-state index contributed by atoms with van der Waals surface area (Å²) in [6.45, 7) is 20.2. The first-order valence-corrected chi connectivity index (χ1v) is 19.1. The predicted octanol–water partition coefficient (Wildman–Crippen LogP) is 13.6. The van der Waals surface area contributed by atoms with Gasteiger partial charge in [-0.2, -0.15) is 0 Å². The third kappa shape index (κ3) is 7.43. The van der Waals surface area contributed by atoms with Gasteiger partial charge in [0, 0.05) is 43.5 Å². The number of hydrogen-bond acceptors (Lipinski definition) is 2.